The summed E-state index contributed by atoms with van der Waals surface area (Å²) >= 11 is 2.71. The van der Waals surface area contributed by atoms with Crippen molar-refractivity contribution in [2.45, 2.75) is 4.34 Å². The lowest BCUT2D eigenvalue weighted by Crippen LogP contribution is -2.10. The molecule has 0 amide bonds. The smallest absolute Gasteiger partial charge is 0.229 e. The first-order valence-electron chi connectivity index (χ1n) is 5.44. The summed E-state index contributed by atoms with van der Waals surface area (Å²) in [5.41, 5.74) is 2.57. The van der Waals surface area contributed by atoms with E-state index in [-0.39, 0.29) is 11.5 Å². The fourth-order valence-electron chi connectivity index (χ4n) is 1.37. The van der Waals surface area contributed by atoms with Crippen molar-refractivity contribution in [2.75, 3.05) is 16.7 Å². The largest absolute Gasteiger partial charge is 0.293 e. The molecule has 2 rings (SSSR count). The number of nitrogens with one attached hydrogen (secondary N) is 1. The Balaban J connectivity index is 1.97. The summed E-state index contributed by atoms with van der Waals surface area (Å²) in [6.45, 7) is 0. The minimum absolute atomic E-state index is 0.0453. The van der Waals surface area contributed by atoms with E-state index in [1.807, 2.05) is 0 Å². The molecule has 20 heavy (non-hydrogen) atoms. The molecule has 0 aliphatic carbocycles. The van der Waals surface area contributed by atoms with Crippen LogP contribution in [0.1, 0.15) is 10.4 Å². The van der Waals surface area contributed by atoms with Crippen molar-refractivity contribution in [1.82, 2.24) is 10.2 Å². The van der Waals surface area contributed by atoms with Gasteiger partial charge in [0.2, 0.25) is 10.0 Å². The summed E-state index contributed by atoms with van der Waals surface area (Å²) in [5.74, 6) is 0.227. The van der Waals surface area contributed by atoms with Crippen molar-refractivity contribution in [3.63, 3.8) is 0 Å². The van der Waals surface area contributed by atoms with Gasteiger partial charge in [0.05, 0.1) is 12.0 Å². The first-order chi connectivity index (χ1) is 9.44. The molecule has 9 heteroatoms. The summed E-state index contributed by atoms with van der Waals surface area (Å²) in [7, 11) is -3.30. The number of carbonyl (C=O) groups excluding carboxylic acids is 1. The second-order valence-corrected chi connectivity index (χ2v) is 7.67. The molecule has 0 bridgehead atoms. The van der Waals surface area contributed by atoms with Crippen LogP contribution in [0, 0.1) is 0 Å². The van der Waals surface area contributed by atoms with Crippen molar-refractivity contribution in [3.05, 3.63) is 35.3 Å². The molecule has 1 aromatic carbocycles. The monoisotopic (exact) mass is 329 g/mol. The average Bonchev–Trinajstić information content (AvgIpc) is 2.88. The third-order valence-corrected chi connectivity index (χ3v) is 4.64. The van der Waals surface area contributed by atoms with E-state index >= 15 is 0 Å². The second kappa shape index (κ2) is 6.33. The summed E-state index contributed by atoms with van der Waals surface area (Å²) in [6, 6.07) is 6.31. The van der Waals surface area contributed by atoms with Crippen molar-refractivity contribution < 1.29 is 13.2 Å². The molecule has 0 fully saturated rings. The van der Waals surface area contributed by atoms with Gasteiger partial charge >= 0.3 is 0 Å². The Kier molecular flexibility index (Phi) is 4.73. The van der Waals surface area contributed by atoms with E-state index in [1.54, 1.807) is 29.8 Å². The van der Waals surface area contributed by atoms with Crippen LogP contribution in [0.5, 0.6) is 0 Å². The van der Waals surface area contributed by atoms with Crippen LogP contribution in [0.3, 0.4) is 0 Å². The Hall–Kier alpha value is -1.45. The van der Waals surface area contributed by atoms with E-state index in [0.29, 0.717) is 11.3 Å². The molecule has 106 valence electrons. The van der Waals surface area contributed by atoms with Gasteiger partial charge in [-0.3, -0.25) is 9.52 Å². The van der Waals surface area contributed by atoms with Gasteiger partial charge in [-0.05, 0) is 24.3 Å². The van der Waals surface area contributed by atoms with Gasteiger partial charge in [0, 0.05) is 11.3 Å². The molecule has 0 unspecified atom stereocenters. The third-order valence-electron chi connectivity index (χ3n) is 2.18. The minimum Gasteiger partial charge on any atom is -0.293 e. The highest BCUT2D eigenvalue weighted by Crippen LogP contribution is 2.20. The summed E-state index contributed by atoms with van der Waals surface area (Å²) in [5, 5.41) is 7.53. The molecule has 0 atom stereocenters. The molecule has 0 aliphatic rings. The van der Waals surface area contributed by atoms with Crippen LogP contribution in [0.15, 0.2) is 34.1 Å². The maximum absolute atomic E-state index is 11.9. The molecule has 0 saturated heterocycles. The lowest BCUT2D eigenvalue weighted by Gasteiger charge is -2.04. The fourth-order valence-corrected chi connectivity index (χ4v) is 3.32. The third kappa shape index (κ3) is 4.58. The van der Waals surface area contributed by atoms with Crippen molar-refractivity contribution in [1.29, 1.82) is 0 Å². The molecule has 6 nitrogen and oxygen atoms in total. The number of Topliss-reactive ketones (excluding diaryl/α,β-unsaturated/α-hetero) is 1. The Morgan fingerprint density at radius 3 is 2.60 bits per heavy atom. The topological polar surface area (TPSA) is 89.0 Å². The number of sulfonamides is 1. The van der Waals surface area contributed by atoms with Gasteiger partial charge in [0.1, 0.15) is 5.51 Å². The highest BCUT2D eigenvalue weighted by atomic mass is 32.2. The number of benzene rings is 1. The fraction of sp³-hybridized carbons (Fsp3) is 0.182. The van der Waals surface area contributed by atoms with Gasteiger partial charge in [0.15, 0.2) is 10.1 Å². The lowest BCUT2D eigenvalue weighted by molar-refractivity contribution is 0.102. The number of thioether (sulfide) groups is 1. The molecule has 1 aromatic heterocycles. The second-order valence-electron chi connectivity index (χ2n) is 3.87. The summed E-state index contributed by atoms with van der Waals surface area (Å²) < 4.78 is 25.2. The first-order valence-corrected chi connectivity index (χ1v) is 9.20. The predicted molar refractivity (Wildman–Crippen MR) is 79.9 cm³/mol. The van der Waals surface area contributed by atoms with Gasteiger partial charge in [-0.15, -0.1) is 10.2 Å². The van der Waals surface area contributed by atoms with Crippen LogP contribution in [0.2, 0.25) is 0 Å². The van der Waals surface area contributed by atoms with Crippen LogP contribution in [0.4, 0.5) is 5.69 Å². The van der Waals surface area contributed by atoms with E-state index in [1.165, 1.54) is 23.1 Å². The van der Waals surface area contributed by atoms with E-state index in [2.05, 4.69) is 14.9 Å². The first kappa shape index (κ1) is 14.9. The standard InChI is InChI=1S/C11H11N3O3S3/c1-20(16,17)14-9-4-2-8(3-5-9)10(15)6-18-11-13-12-7-19-11/h2-5,7,14H,6H2,1H3. The molecule has 1 heterocycles. The van der Waals surface area contributed by atoms with Gasteiger partial charge < -0.3 is 0 Å². The molecule has 0 aliphatic heterocycles. The Morgan fingerprint density at radius 2 is 2.05 bits per heavy atom. The highest BCUT2D eigenvalue weighted by Gasteiger charge is 2.09. The van der Waals surface area contributed by atoms with Crippen LogP contribution in [-0.4, -0.2) is 36.4 Å². The molecular weight excluding hydrogens is 318 g/mol. The Morgan fingerprint density at radius 1 is 1.35 bits per heavy atom. The molecular formula is C11H11N3O3S3. The van der Waals surface area contributed by atoms with Gasteiger partial charge in [-0.2, -0.15) is 0 Å². The lowest BCUT2D eigenvalue weighted by atomic mass is 10.1. The van der Waals surface area contributed by atoms with Gasteiger partial charge in [-0.25, -0.2) is 8.42 Å². The maximum Gasteiger partial charge on any atom is 0.229 e. The van der Waals surface area contributed by atoms with E-state index in [9.17, 15) is 13.2 Å². The van der Waals surface area contributed by atoms with E-state index in [4.69, 9.17) is 0 Å². The molecule has 1 N–H and O–H groups in total. The molecule has 0 saturated carbocycles. The summed E-state index contributed by atoms with van der Waals surface area (Å²) in [6.07, 6.45) is 1.07. The number of rotatable bonds is 6. The van der Waals surface area contributed by atoms with Gasteiger partial charge in [-0.1, -0.05) is 23.1 Å². The maximum atomic E-state index is 11.9. The minimum atomic E-state index is -3.30. The predicted octanol–water partition coefficient (Wildman–Crippen LogP) is 1.88. The quantitative estimate of drug-likeness (QED) is 0.643. The zero-order valence-corrected chi connectivity index (χ0v) is 12.9. The van der Waals surface area contributed by atoms with Crippen LogP contribution >= 0.6 is 23.1 Å². The Bertz CT molecular complexity index is 681. The van der Waals surface area contributed by atoms with Crippen molar-refractivity contribution in [2.24, 2.45) is 0 Å². The van der Waals surface area contributed by atoms with Crippen LogP contribution in [-0.2, 0) is 10.0 Å². The highest BCUT2D eigenvalue weighted by molar-refractivity contribution is 8.01. The van der Waals surface area contributed by atoms with Crippen LogP contribution in [0.25, 0.3) is 0 Å². The zero-order chi connectivity index (χ0) is 14.6. The zero-order valence-electron chi connectivity index (χ0n) is 10.4. The number of nitrogens with zero attached hydrogens (tertiary/aromatic N) is 2. The normalized spacial score (nSPS) is 11.2. The van der Waals surface area contributed by atoms with Crippen molar-refractivity contribution in [3.8, 4) is 0 Å². The van der Waals surface area contributed by atoms with Crippen molar-refractivity contribution >= 4 is 44.6 Å². The van der Waals surface area contributed by atoms with Gasteiger partial charge in [0.25, 0.3) is 0 Å². The molecule has 0 spiro atoms. The Labute approximate surface area is 124 Å². The molecule has 0 radical (unpaired) electrons. The van der Waals surface area contributed by atoms with E-state index < -0.39 is 10.0 Å². The van der Waals surface area contributed by atoms with Crippen LogP contribution < -0.4 is 4.72 Å². The number of anilines is 1. The number of carbonyl (C=O) groups is 1. The number of ketones is 1. The number of hydrogen-bond donors (Lipinski definition) is 1. The number of hydrogen-bond acceptors (Lipinski definition) is 7. The molecule has 2 aromatic rings. The van der Waals surface area contributed by atoms with E-state index in [0.717, 1.165) is 10.6 Å². The number of aromatic nitrogens is 2. The average molecular weight is 329 g/mol. The summed E-state index contributed by atoms with van der Waals surface area (Å²) in [4.78, 5) is 11.9. The SMILES string of the molecule is CS(=O)(=O)Nc1ccc(C(=O)CSc2nncs2)cc1.